The first-order chi connectivity index (χ1) is 15.1. The number of nitrogens with zero attached hydrogens (tertiary/aromatic N) is 3. The molecule has 0 fully saturated rings. The van der Waals surface area contributed by atoms with Crippen molar-refractivity contribution in [3.05, 3.63) is 48.3 Å². The van der Waals surface area contributed by atoms with E-state index in [-0.39, 0.29) is 0 Å². The van der Waals surface area contributed by atoms with Gasteiger partial charge in [-0.15, -0.1) is 0 Å². The molecule has 3 aromatic rings. The van der Waals surface area contributed by atoms with Gasteiger partial charge in [0.15, 0.2) is 11.5 Å². The monoisotopic (exact) mass is 423 g/mol. The van der Waals surface area contributed by atoms with Gasteiger partial charge in [-0.05, 0) is 57.4 Å². The lowest BCUT2D eigenvalue weighted by Crippen LogP contribution is -2.13. The Morgan fingerprint density at radius 2 is 1.68 bits per heavy atom. The van der Waals surface area contributed by atoms with Crippen molar-refractivity contribution in [1.82, 2.24) is 9.97 Å². The normalized spacial score (nSPS) is 11.0. The van der Waals surface area contributed by atoms with Crippen LogP contribution in [-0.4, -0.2) is 43.9 Å². The Bertz CT molecular complexity index is 977. The highest BCUT2D eigenvalue weighted by molar-refractivity contribution is 5.91. The number of aromatic nitrogens is 2. The summed E-state index contributed by atoms with van der Waals surface area (Å²) >= 11 is 0. The van der Waals surface area contributed by atoms with Gasteiger partial charge in [-0.3, -0.25) is 0 Å². The predicted octanol–water partition coefficient (Wildman–Crippen LogP) is 5.69. The van der Waals surface area contributed by atoms with Gasteiger partial charge in [0.1, 0.15) is 11.6 Å². The van der Waals surface area contributed by atoms with Crippen molar-refractivity contribution in [2.24, 2.45) is 0 Å². The molecule has 1 aromatic heterocycles. The summed E-state index contributed by atoms with van der Waals surface area (Å²) in [6.07, 6.45) is 4.39. The standard InChI is InChI=1S/C25H33N3O3/c1-5-30-16-10-6-7-11-17-31-24-18-20(14-15-23(24)29-4)28(3)25-21-12-8-9-13-22(21)26-19(2)27-25/h8-9,12-15,18H,5-7,10-11,16-17H2,1-4H3. The quantitative estimate of drug-likeness (QED) is 0.349. The van der Waals surface area contributed by atoms with Crippen LogP contribution in [0.1, 0.15) is 38.4 Å². The van der Waals surface area contributed by atoms with E-state index in [1.807, 2.05) is 63.4 Å². The van der Waals surface area contributed by atoms with Gasteiger partial charge in [0.05, 0.1) is 19.2 Å². The summed E-state index contributed by atoms with van der Waals surface area (Å²) < 4.78 is 17.0. The Morgan fingerprint density at radius 3 is 2.45 bits per heavy atom. The van der Waals surface area contributed by atoms with Gasteiger partial charge in [0, 0.05) is 37.4 Å². The van der Waals surface area contributed by atoms with Gasteiger partial charge in [0.2, 0.25) is 0 Å². The lowest BCUT2D eigenvalue weighted by atomic mass is 10.2. The average molecular weight is 424 g/mol. The molecule has 3 rings (SSSR count). The van der Waals surface area contributed by atoms with E-state index in [2.05, 4.69) is 9.88 Å². The van der Waals surface area contributed by atoms with Crippen LogP contribution in [0.25, 0.3) is 10.9 Å². The van der Waals surface area contributed by atoms with Crippen LogP contribution in [0.15, 0.2) is 42.5 Å². The molecular formula is C25H33N3O3. The van der Waals surface area contributed by atoms with Crippen molar-refractivity contribution >= 4 is 22.4 Å². The first-order valence-corrected chi connectivity index (χ1v) is 11.0. The van der Waals surface area contributed by atoms with E-state index in [0.29, 0.717) is 6.61 Å². The Labute approximate surface area is 185 Å². The maximum atomic E-state index is 6.08. The molecule has 6 heteroatoms. The lowest BCUT2D eigenvalue weighted by Gasteiger charge is -2.22. The van der Waals surface area contributed by atoms with E-state index >= 15 is 0 Å². The van der Waals surface area contributed by atoms with E-state index < -0.39 is 0 Å². The third-order valence-corrected chi connectivity index (χ3v) is 5.19. The van der Waals surface area contributed by atoms with Crippen LogP contribution in [0.3, 0.4) is 0 Å². The fourth-order valence-corrected chi connectivity index (χ4v) is 3.52. The molecule has 31 heavy (non-hydrogen) atoms. The fourth-order valence-electron chi connectivity index (χ4n) is 3.52. The number of ether oxygens (including phenoxy) is 3. The molecule has 0 aliphatic carbocycles. The molecule has 0 N–H and O–H groups in total. The molecular weight excluding hydrogens is 390 g/mol. The second kappa shape index (κ2) is 11.5. The minimum atomic E-state index is 0.660. The van der Waals surface area contributed by atoms with Crippen molar-refractivity contribution in [2.75, 3.05) is 38.9 Å². The number of aryl methyl sites for hydroxylation is 1. The van der Waals surface area contributed by atoms with Crippen molar-refractivity contribution in [3.8, 4) is 11.5 Å². The van der Waals surface area contributed by atoms with Gasteiger partial charge >= 0.3 is 0 Å². The summed E-state index contributed by atoms with van der Waals surface area (Å²) in [5, 5.41) is 1.01. The third kappa shape index (κ3) is 6.07. The zero-order chi connectivity index (χ0) is 22.1. The van der Waals surface area contributed by atoms with Gasteiger partial charge in [-0.1, -0.05) is 18.6 Å². The fraction of sp³-hybridized carbons (Fsp3) is 0.440. The van der Waals surface area contributed by atoms with Crippen LogP contribution >= 0.6 is 0 Å². The van der Waals surface area contributed by atoms with Crippen LogP contribution in [0.2, 0.25) is 0 Å². The summed E-state index contributed by atoms with van der Waals surface area (Å²) in [6, 6.07) is 14.0. The molecule has 166 valence electrons. The highest BCUT2D eigenvalue weighted by Crippen LogP contribution is 2.35. The van der Waals surface area contributed by atoms with Gasteiger partial charge in [-0.2, -0.15) is 0 Å². The van der Waals surface area contributed by atoms with E-state index in [4.69, 9.17) is 19.2 Å². The maximum Gasteiger partial charge on any atom is 0.163 e. The molecule has 6 nitrogen and oxygen atoms in total. The van der Waals surface area contributed by atoms with E-state index in [1.165, 1.54) is 0 Å². The van der Waals surface area contributed by atoms with Gasteiger partial charge in [0.25, 0.3) is 0 Å². The predicted molar refractivity (Wildman–Crippen MR) is 126 cm³/mol. The van der Waals surface area contributed by atoms with Gasteiger partial charge in [-0.25, -0.2) is 9.97 Å². The number of para-hydroxylation sites is 1. The van der Waals surface area contributed by atoms with E-state index in [0.717, 1.165) is 78.6 Å². The van der Waals surface area contributed by atoms with Crippen LogP contribution in [0, 0.1) is 6.92 Å². The third-order valence-electron chi connectivity index (χ3n) is 5.19. The molecule has 0 radical (unpaired) electrons. The number of fused-ring (bicyclic) bond motifs is 1. The van der Waals surface area contributed by atoms with Gasteiger partial charge < -0.3 is 19.1 Å². The molecule has 0 unspecified atom stereocenters. The van der Waals surface area contributed by atoms with Crippen molar-refractivity contribution in [2.45, 2.75) is 39.5 Å². The molecule has 0 saturated heterocycles. The maximum absolute atomic E-state index is 6.08. The van der Waals surface area contributed by atoms with Crippen molar-refractivity contribution in [1.29, 1.82) is 0 Å². The molecule has 0 spiro atoms. The SMILES string of the molecule is CCOCCCCCCOc1cc(N(C)c2nc(C)nc3ccccc23)ccc1OC. The summed E-state index contributed by atoms with van der Waals surface area (Å²) in [6.45, 7) is 6.24. The van der Waals surface area contributed by atoms with E-state index in [9.17, 15) is 0 Å². The second-order valence-corrected chi connectivity index (χ2v) is 7.47. The smallest absolute Gasteiger partial charge is 0.163 e. The molecule has 0 saturated carbocycles. The Balaban J connectivity index is 1.70. The molecule has 0 bridgehead atoms. The molecule has 2 aromatic carbocycles. The molecule has 0 amide bonds. The van der Waals surface area contributed by atoms with Crippen LogP contribution in [-0.2, 0) is 4.74 Å². The minimum Gasteiger partial charge on any atom is -0.493 e. The number of unbranched alkanes of at least 4 members (excludes halogenated alkanes) is 3. The number of benzene rings is 2. The number of anilines is 2. The first kappa shape index (κ1) is 22.8. The highest BCUT2D eigenvalue weighted by Gasteiger charge is 2.14. The first-order valence-electron chi connectivity index (χ1n) is 11.0. The summed E-state index contributed by atoms with van der Waals surface area (Å²) in [4.78, 5) is 11.3. The van der Waals surface area contributed by atoms with Crippen molar-refractivity contribution in [3.63, 3.8) is 0 Å². The van der Waals surface area contributed by atoms with Crippen LogP contribution in [0.4, 0.5) is 11.5 Å². The minimum absolute atomic E-state index is 0.660. The molecule has 0 aliphatic rings. The Kier molecular flexibility index (Phi) is 8.47. The summed E-state index contributed by atoms with van der Waals surface area (Å²) in [5.41, 5.74) is 1.92. The van der Waals surface area contributed by atoms with Crippen molar-refractivity contribution < 1.29 is 14.2 Å². The lowest BCUT2D eigenvalue weighted by molar-refractivity contribution is 0.142. The number of methoxy groups -OCH3 is 1. The highest BCUT2D eigenvalue weighted by atomic mass is 16.5. The summed E-state index contributed by atoms with van der Waals surface area (Å²) in [7, 11) is 3.68. The molecule has 1 heterocycles. The van der Waals surface area contributed by atoms with Crippen LogP contribution < -0.4 is 14.4 Å². The summed E-state index contributed by atoms with van der Waals surface area (Å²) in [5.74, 6) is 3.09. The second-order valence-electron chi connectivity index (χ2n) is 7.47. The number of hydrogen-bond donors (Lipinski definition) is 0. The Morgan fingerprint density at radius 1 is 0.903 bits per heavy atom. The molecule has 0 aliphatic heterocycles. The largest absolute Gasteiger partial charge is 0.493 e. The van der Waals surface area contributed by atoms with Crippen LogP contribution in [0.5, 0.6) is 11.5 Å². The average Bonchev–Trinajstić information content (AvgIpc) is 2.79. The van der Waals surface area contributed by atoms with E-state index in [1.54, 1.807) is 7.11 Å². The topological polar surface area (TPSA) is 56.7 Å². The zero-order valence-electron chi connectivity index (χ0n) is 19.1. The number of hydrogen-bond acceptors (Lipinski definition) is 6. The Hall–Kier alpha value is -2.86. The zero-order valence-corrected chi connectivity index (χ0v) is 19.1. The molecule has 0 atom stereocenters. The number of rotatable bonds is 12.